The molecule has 0 saturated carbocycles. The Hall–Kier alpha value is -1.48. The van der Waals surface area contributed by atoms with E-state index in [1.54, 1.807) is 6.26 Å². The molecule has 2 aromatic rings. The zero-order chi connectivity index (χ0) is 11.4. The number of hydrogen-bond donors (Lipinski definition) is 0. The molecule has 2 rings (SSSR count). The van der Waals surface area contributed by atoms with Crippen molar-refractivity contribution in [2.45, 2.75) is 12.4 Å². The van der Waals surface area contributed by atoms with E-state index in [1.165, 1.54) is 5.56 Å². The summed E-state index contributed by atoms with van der Waals surface area (Å²) in [4.78, 5) is 6.20. The zero-order valence-electron chi connectivity index (χ0n) is 9.06. The summed E-state index contributed by atoms with van der Waals surface area (Å²) in [6.45, 7) is 0.767. The maximum absolute atomic E-state index is 5.66. The molecule has 0 fully saturated rings. The average molecular weight is 237 g/mol. The first-order chi connectivity index (χ1) is 7.79. The Labute approximate surface area is 99.7 Å². The molecule has 0 saturated heterocycles. The summed E-state index contributed by atoms with van der Waals surface area (Å²) >= 11 is 5.66. The summed E-state index contributed by atoms with van der Waals surface area (Å²) in [6, 6.07) is 10.8. The monoisotopic (exact) mass is 236 g/mol. The van der Waals surface area contributed by atoms with Crippen molar-refractivity contribution in [2.24, 2.45) is 0 Å². The second-order valence-corrected chi connectivity index (χ2v) is 3.86. The summed E-state index contributed by atoms with van der Waals surface area (Å²) in [5.74, 6) is 0.378. The van der Waals surface area contributed by atoms with Gasteiger partial charge in [-0.1, -0.05) is 30.3 Å². The van der Waals surface area contributed by atoms with Crippen LogP contribution in [0, 0.1) is 0 Å². The van der Waals surface area contributed by atoms with Crippen LogP contribution in [-0.2, 0) is 12.4 Å². The highest BCUT2D eigenvalue weighted by Crippen LogP contribution is 2.15. The number of benzene rings is 1. The van der Waals surface area contributed by atoms with Crippen LogP contribution in [0.3, 0.4) is 0 Å². The molecule has 1 heterocycles. The SMILES string of the molecule is CN(Cc1ccccc1)c1nc(CCl)co1. The van der Waals surface area contributed by atoms with Crippen molar-refractivity contribution in [1.82, 2.24) is 4.98 Å². The highest BCUT2D eigenvalue weighted by atomic mass is 35.5. The number of halogens is 1. The van der Waals surface area contributed by atoms with Crippen LogP contribution < -0.4 is 4.90 Å². The van der Waals surface area contributed by atoms with Crippen LogP contribution in [0.15, 0.2) is 41.0 Å². The van der Waals surface area contributed by atoms with E-state index in [9.17, 15) is 0 Å². The minimum Gasteiger partial charge on any atom is -0.432 e. The second-order valence-electron chi connectivity index (χ2n) is 3.60. The lowest BCUT2D eigenvalue weighted by atomic mass is 10.2. The molecule has 84 valence electrons. The Bertz CT molecular complexity index is 441. The molecule has 16 heavy (non-hydrogen) atoms. The summed E-state index contributed by atoms with van der Waals surface area (Å²) < 4.78 is 5.32. The summed E-state index contributed by atoms with van der Waals surface area (Å²) in [5, 5.41) is 0. The summed E-state index contributed by atoms with van der Waals surface area (Å²) in [7, 11) is 1.94. The van der Waals surface area contributed by atoms with Crippen LogP contribution in [0.2, 0.25) is 0 Å². The van der Waals surface area contributed by atoms with Crippen molar-refractivity contribution in [2.75, 3.05) is 11.9 Å². The third-order valence-electron chi connectivity index (χ3n) is 2.27. The Balaban J connectivity index is 2.05. The first kappa shape index (κ1) is 11.0. The van der Waals surface area contributed by atoms with Crippen LogP contribution in [0.4, 0.5) is 6.01 Å². The number of nitrogens with zero attached hydrogens (tertiary/aromatic N) is 2. The van der Waals surface area contributed by atoms with Gasteiger partial charge < -0.3 is 9.32 Å². The van der Waals surface area contributed by atoms with Crippen molar-refractivity contribution in [1.29, 1.82) is 0 Å². The normalized spacial score (nSPS) is 10.4. The van der Waals surface area contributed by atoms with Gasteiger partial charge in [-0.15, -0.1) is 11.6 Å². The molecule has 0 atom stereocenters. The first-order valence-electron chi connectivity index (χ1n) is 5.05. The van der Waals surface area contributed by atoms with Gasteiger partial charge in [-0.2, -0.15) is 4.98 Å². The molecule has 3 nitrogen and oxygen atoms in total. The second kappa shape index (κ2) is 5.03. The summed E-state index contributed by atoms with van der Waals surface area (Å²) in [6.07, 6.45) is 1.59. The molecule has 0 amide bonds. The lowest BCUT2D eigenvalue weighted by Crippen LogP contribution is -2.16. The van der Waals surface area contributed by atoms with Crippen molar-refractivity contribution in [3.05, 3.63) is 47.9 Å². The van der Waals surface area contributed by atoms with Crippen molar-refractivity contribution in [3.8, 4) is 0 Å². The Morgan fingerprint density at radius 1 is 1.31 bits per heavy atom. The van der Waals surface area contributed by atoms with E-state index in [-0.39, 0.29) is 0 Å². The molecule has 0 spiro atoms. The molecule has 0 bridgehead atoms. The number of alkyl halides is 1. The van der Waals surface area contributed by atoms with E-state index < -0.39 is 0 Å². The third kappa shape index (κ3) is 2.55. The zero-order valence-corrected chi connectivity index (χ0v) is 9.81. The molecule has 4 heteroatoms. The molecule has 1 aromatic heterocycles. The Kier molecular flexibility index (Phi) is 3.47. The summed E-state index contributed by atoms with van der Waals surface area (Å²) in [5.41, 5.74) is 1.98. The van der Waals surface area contributed by atoms with E-state index in [0.29, 0.717) is 11.9 Å². The molecule has 0 aliphatic heterocycles. The molecule has 0 radical (unpaired) electrons. The van der Waals surface area contributed by atoms with Crippen LogP contribution in [0.25, 0.3) is 0 Å². The Morgan fingerprint density at radius 2 is 2.06 bits per heavy atom. The molecule has 0 aliphatic carbocycles. The van der Waals surface area contributed by atoms with Gasteiger partial charge in [-0.05, 0) is 5.56 Å². The number of hydrogen-bond acceptors (Lipinski definition) is 3. The van der Waals surface area contributed by atoms with Crippen molar-refractivity contribution >= 4 is 17.6 Å². The van der Waals surface area contributed by atoms with Crippen LogP contribution >= 0.6 is 11.6 Å². The van der Waals surface area contributed by atoms with Gasteiger partial charge in [0.25, 0.3) is 6.01 Å². The number of anilines is 1. The maximum atomic E-state index is 5.66. The largest absolute Gasteiger partial charge is 0.432 e. The molecule has 0 aliphatic rings. The lowest BCUT2D eigenvalue weighted by molar-refractivity contribution is 0.544. The topological polar surface area (TPSA) is 29.3 Å². The maximum Gasteiger partial charge on any atom is 0.297 e. The van der Waals surface area contributed by atoms with Crippen LogP contribution in [0.1, 0.15) is 11.3 Å². The minimum absolute atomic E-state index is 0.378. The molecule has 0 unspecified atom stereocenters. The average Bonchev–Trinajstić information content (AvgIpc) is 2.79. The number of oxazole rings is 1. The fourth-order valence-electron chi connectivity index (χ4n) is 1.46. The highest BCUT2D eigenvalue weighted by molar-refractivity contribution is 6.16. The van der Waals surface area contributed by atoms with Crippen LogP contribution in [-0.4, -0.2) is 12.0 Å². The quantitative estimate of drug-likeness (QED) is 0.765. The van der Waals surface area contributed by atoms with Gasteiger partial charge in [0.1, 0.15) is 6.26 Å². The molecule has 1 aromatic carbocycles. The van der Waals surface area contributed by atoms with Gasteiger partial charge in [0, 0.05) is 13.6 Å². The van der Waals surface area contributed by atoms with Crippen molar-refractivity contribution in [3.63, 3.8) is 0 Å². The fraction of sp³-hybridized carbons (Fsp3) is 0.250. The molecular formula is C12H13ClN2O. The predicted octanol–water partition coefficient (Wildman–Crippen LogP) is 3.05. The highest BCUT2D eigenvalue weighted by Gasteiger charge is 2.08. The van der Waals surface area contributed by atoms with Gasteiger partial charge in [0.05, 0.1) is 11.6 Å². The first-order valence-corrected chi connectivity index (χ1v) is 5.58. The fourth-order valence-corrected chi connectivity index (χ4v) is 1.58. The van der Waals surface area contributed by atoms with Gasteiger partial charge >= 0.3 is 0 Å². The van der Waals surface area contributed by atoms with E-state index in [4.69, 9.17) is 16.0 Å². The predicted molar refractivity (Wildman–Crippen MR) is 64.6 cm³/mol. The number of rotatable bonds is 4. The Morgan fingerprint density at radius 3 is 2.69 bits per heavy atom. The van der Waals surface area contributed by atoms with Gasteiger partial charge in [-0.3, -0.25) is 0 Å². The molecular weight excluding hydrogens is 224 g/mol. The van der Waals surface area contributed by atoms with E-state index >= 15 is 0 Å². The van der Waals surface area contributed by atoms with Gasteiger partial charge in [-0.25, -0.2) is 0 Å². The van der Waals surface area contributed by atoms with Gasteiger partial charge in [0.2, 0.25) is 0 Å². The van der Waals surface area contributed by atoms with E-state index in [2.05, 4.69) is 17.1 Å². The van der Waals surface area contributed by atoms with Crippen LogP contribution in [0.5, 0.6) is 0 Å². The van der Waals surface area contributed by atoms with E-state index in [1.807, 2.05) is 30.1 Å². The van der Waals surface area contributed by atoms with E-state index in [0.717, 1.165) is 12.2 Å². The lowest BCUT2D eigenvalue weighted by Gasteiger charge is -2.13. The van der Waals surface area contributed by atoms with Gasteiger partial charge in [0.15, 0.2) is 0 Å². The minimum atomic E-state index is 0.378. The molecule has 0 N–H and O–H groups in total. The number of aromatic nitrogens is 1. The third-order valence-corrected chi connectivity index (χ3v) is 2.54. The standard InChI is InChI=1S/C12H13ClN2O/c1-15(8-10-5-3-2-4-6-10)12-14-11(7-13)9-16-12/h2-6,9H,7-8H2,1H3. The van der Waals surface area contributed by atoms with Crippen molar-refractivity contribution < 1.29 is 4.42 Å². The smallest absolute Gasteiger partial charge is 0.297 e.